The van der Waals surface area contributed by atoms with Gasteiger partial charge in [-0.25, -0.2) is 8.78 Å². The van der Waals surface area contributed by atoms with Crippen LogP contribution in [-0.2, 0) is 0 Å². The fourth-order valence-electron chi connectivity index (χ4n) is 2.25. The molecule has 0 spiro atoms. The van der Waals surface area contributed by atoms with Crippen LogP contribution in [0.1, 0.15) is 40.5 Å². The number of halogens is 2. The van der Waals surface area contributed by atoms with Gasteiger partial charge >= 0.3 is 0 Å². The molecule has 0 aliphatic heterocycles. The molecular formula is C11H20F2N2. The Labute approximate surface area is 90.3 Å². The van der Waals surface area contributed by atoms with Gasteiger partial charge in [0.05, 0.1) is 0 Å². The van der Waals surface area contributed by atoms with Crippen LogP contribution in [0.25, 0.3) is 0 Å². The maximum absolute atomic E-state index is 12.8. The van der Waals surface area contributed by atoms with Gasteiger partial charge in [0.1, 0.15) is 0 Å². The van der Waals surface area contributed by atoms with Crippen molar-refractivity contribution in [3.63, 3.8) is 0 Å². The van der Waals surface area contributed by atoms with Gasteiger partial charge in [0.2, 0.25) is 5.92 Å². The zero-order valence-electron chi connectivity index (χ0n) is 9.98. The Morgan fingerprint density at radius 1 is 1.33 bits per heavy atom. The minimum absolute atomic E-state index is 0.00518. The van der Waals surface area contributed by atoms with Gasteiger partial charge in [-0.15, -0.1) is 0 Å². The van der Waals surface area contributed by atoms with Gasteiger partial charge in [-0.2, -0.15) is 5.10 Å². The van der Waals surface area contributed by atoms with Crippen LogP contribution in [0.3, 0.4) is 0 Å². The van der Waals surface area contributed by atoms with Crippen LogP contribution in [0.15, 0.2) is 5.10 Å². The van der Waals surface area contributed by atoms with Crippen LogP contribution in [0.4, 0.5) is 8.78 Å². The van der Waals surface area contributed by atoms with Crippen molar-refractivity contribution in [2.24, 2.45) is 10.5 Å². The first-order valence-electron chi connectivity index (χ1n) is 5.41. The quantitative estimate of drug-likeness (QED) is 0.523. The normalized spacial score (nSPS) is 21.7. The highest BCUT2D eigenvalue weighted by Crippen LogP contribution is 2.51. The highest BCUT2D eigenvalue weighted by atomic mass is 19.3. The fraction of sp³-hybridized carbons (Fsp3) is 0.909. The average molecular weight is 218 g/mol. The van der Waals surface area contributed by atoms with Crippen LogP contribution >= 0.6 is 0 Å². The molecular weight excluding hydrogens is 198 g/mol. The molecule has 15 heavy (non-hydrogen) atoms. The van der Waals surface area contributed by atoms with Crippen molar-refractivity contribution in [2.45, 2.75) is 46.5 Å². The van der Waals surface area contributed by atoms with Crippen LogP contribution in [-0.4, -0.2) is 29.7 Å². The number of hydrazone groups is 1. The smallest absolute Gasteiger partial charge is 0.249 e. The van der Waals surface area contributed by atoms with Crippen molar-refractivity contribution in [3.05, 3.63) is 0 Å². The monoisotopic (exact) mass is 218 g/mol. The van der Waals surface area contributed by atoms with E-state index in [2.05, 4.69) is 5.10 Å². The van der Waals surface area contributed by atoms with E-state index in [1.807, 2.05) is 32.7 Å². The van der Waals surface area contributed by atoms with E-state index in [0.717, 1.165) is 12.3 Å². The highest BCUT2D eigenvalue weighted by molar-refractivity contribution is 5.78. The van der Waals surface area contributed by atoms with Gasteiger partial charge in [0, 0.05) is 31.6 Å². The summed E-state index contributed by atoms with van der Waals surface area (Å²) in [6, 6.07) is 0. The molecule has 0 aromatic heterocycles. The molecule has 0 atom stereocenters. The molecule has 4 heteroatoms. The molecule has 0 amide bonds. The third-order valence-corrected chi connectivity index (χ3v) is 2.64. The second kappa shape index (κ2) is 4.06. The lowest BCUT2D eigenvalue weighted by molar-refractivity contribution is -0.160. The third-order valence-electron chi connectivity index (χ3n) is 2.64. The SMILES string of the molecule is CCN(CC1(C)CC(F)(F)C1)N=C(C)C. The first-order chi connectivity index (χ1) is 6.76. The summed E-state index contributed by atoms with van der Waals surface area (Å²) < 4.78 is 25.6. The fourth-order valence-corrected chi connectivity index (χ4v) is 2.25. The van der Waals surface area contributed by atoms with Gasteiger partial charge in [-0.05, 0) is 26.2 Å². The van der Waals surface area contributed by atoms with E-state index in [9.17, 15) is 8.78 Å². The molecule has 1 aliphatic rings. The summed E-state index contributed by atoms with van der Waals surface area (Å²) in [7, 11) is 0. The number of hydrogen-bond donors (Lipinski definition) is 0. The average Bonchev–Trinajstić information content (AvgIpc) is 1.97. The van der Waals surface area contributed by atoms with Gasteiger partial charge in [0.15, 0.2) is 0 Å². The Morgan fingerprint density at radius 2 is 1.87 bits per heavy atom. The van der Waals surface area contributed by atoms with E-state index >= 15 is 0 Å². The number of nitrogens with zero attached hydrogens (tertiary/aromatic N) is 2. The Bertz CT molecular complexity index is 249. The largest absolute Gasteiger partial charge is 0.297 e. The van der Waals surface area contributed by atoms with E-state index < -0.39 is 5.92 Å². The molecule has 1 aliphatic carbocycles. The number of rotatable bonds is 4. The molecule has 0 saturated heterocycles. The lowest BCUT2D eigenvalue weighted by Crippen LogP contribution is -2.49. The standard InChI is InChI=1S/C11H20F2N2/c1-5-15(14-9(2)3)8-10(4)6-11(12,13)7-10/h5-8H2,1-4H3. The van der Waals surface area contributed by atoms with E-state index in [1.165, 1.54) is 0 Å². The second-order valence-corrected chi connectivity index (χ2v) is 5.05. The number of hydrogen-bond acceptors (Lipinski definition) is 2. The molecule has 0 radical (unpaired) electrons. The lowest BCUT2D eigenvalue weighted by Gasteiger charge is -2.46. The van der Waals surface area contributed by atoms with Crippen LogP contribution in [0, 0.1) is 5.41 Å². The van der Waals surface area contributed by atoms with E-state index in [1.54, 1.807) is 0 Å². The Balaban J connectivity index is 2.50. The lowest BCUT2D eigenvalue weighted by atomic mass is 9.67. The topological polar surface area (TPSA) is 15.6 Å². The van der Waals surface area contributed by atoms with E-state index in [0.29, 0.717) is 6.54 Å². The molecule has 0 aromatic rings. The van der Waals surface area contributed by atoms with Crippen molar-refractivity contribution in [3.8, 4) is 0 Å². The molecule has 0 aromatic carbocycles. The Hall–Kier alpha value is -0.670. The molecule has 0 heterocycles. The molecule has 0 unspecified atom stereocenters. The van der Waals surface area contributed by atoms with Gasteiger partial charge in [-0.1, -0.05) is 6.92 Å². The van der Waals surface area contributed by atoms with Gasteiger partial charge in [0.25, 0.3) is 0 Å². The van der Waals surface area contributed by atoms with Crippen molar-refractivity contribution in [1.82, 2.24) is 5.01 Å². The van der Waals surface area contributed by atoms with Crippen molar-refractivity contribution in [1.29, 1.82) is 0 Å². The molecule has 1 saturated carbocycles. The Kier molecular flexibility index (Phi) is 3.36. The van der Waals surface area contributed by atoms with Crippen molar-refractivity contribution >= 4 is 5.71 Å². The molecule has 1 fully saturated rings. The van der Waals surface area contributed by atoms with Crippen LogP contribution in [0.5, 0.6) is 0 Å². The molecule has 1 rings (SSSR count). The maximum atomic E-state index is 12.8. The predicted molar refractivity (Wildman–Crippen MR) is 58.3 cm³/mol. The number of alkyl halides is 2. The summed E-state index contributed by atoms with van der Waals surface area (Å²) in [5, 5.41) is 6.19. The minimum atomic E-state index is -2.45. The van der Waals surface area contributed by atoms with Crippen LogP contribution in [0.2, 0.25) is 0 Å². The third kappa shape index (κ3) is 3.43. The van der Waals surface area contributed by atoms with Gasteiger partial charge in [-0.3, -0.25) is 5.01 Å². The molecule has 0 bridgehead atoms. The first-order valence-corrected chi connectivity index (χ1v) is 5.41. The summed E-state index contributed by atoms with van der Waals surface area (Å²) in [5.41, 5.74) is 0.699. The van der Waals surface area contributed by atoms with Gasteiger partial charge < -0.3 is 0 Å². The molecule has 0 N–H and O–H groups in total. The maximum Gasteiger partial charge on any atom is 0.249 e. The van der Waals surface area contributed by atoms with Crippen molar-refractivity contribution in [2.75, 3.05) is 13.1 Å². The zero-order chi connectivity index (χ0) is 11.7. The van der Waals surface area contributed by atoms with E-state index in [-0.39, 0.29) is 18.3 Å². The van der Waals surface area contributed by atoms with Crippen molar-refractivity contribution < 1.29 is 8.78 Å². The first kappa shape index (κ1) is 12.4. The summed E-state index contributed by atoms with van der Waals surface area (Å²) in [5.74, 6) is -2.45. The summed E-state index contributed by atoms with van der Waals surface area (Å²) >= 11 is 0. The summed E-state index contributed by atoms with van der Waals surface area (Å²) in [4.78, 5) is 0. The zero-order valence-corrected chi connectivity index (χ0v) is 9.98. The summed E-state index contributed by atoms with van der Waals surface area (Å²) in [6.45, 7) is 9.14. The van der Waals surface area contributed by atoms with E-state index in [4.69, 9.17) is 0 Å². The Morgan fingerprint density at radius 3 is 2.20 bits per heavy atom. The predicted octanol–water partition coefficient (Wildman–Crippen LogP) is 3.14. The van der Waals surface area contributed by atoms with Crippen LogP contribution < -0.4 is 0 Å². The second-order valence-electron chi connectivity index (χ2n) is 5.05. The molecule has 2 nitrogen and oxygen atoms in total. The minimum Gasteiger partial charge on any atom is -0.297 e. The summed E-state index contributed by atoms with van der Waals surface area (Å²) in [6.07, 6.45) is -0.0104. The molecule has 88 valence electrons. The highest BCUT2D eigenvalue weighted by Gasteiger charge is 2.53.